The van der Waals surface area contributed by atoms with E-state index in [1.807, 2.05) is 31.2 Å². The fraction of sp³-hybridized carbons (Fsp3) is 0.364. The van der Waals surface area contributed by atoms with Gasteiger partial charge < -0.3 is 5.11 Å². The Morgan fingerprint density at radius 2 is 2.15 bits per heavy atom. The number of hydrogen-bond donors (Lipinski definition) is 1. The van der Waals surface area contributed by atoms with Gasteiger partial charge in [0, 0.05) is 0 Å². The van der Waals surface area contributed by atoms with E-state index in [2.05, 4.69) is 0 Å². The molecule has 0 heterocycles. The first-order valence-electron chi connectivity index (χ1n) is 4.46. The van der Waals surface area contributed by atoms with Crippen LogP contribution in [0, 0.1) is 6.92 Å². The van der Waals surface area contributed by atoms with Gasteiger partial charge >= 0.3 is 5.97 Å². The number of carbonyl (C=O) groups is 1. The molecule has 1 aromatic rings. The Morgan fingerprint density at radius 1 is 1.46 bits per heavy atom. The monoisotopic (exact) mass is 176 g/mol. The summed E-state index contributed by atoms with van der Waals surface area (Å²) in [6.07, 6.45) is 1.57. The number of rotatable bonds is 2. The first kappa shape index (κ1) is 8.30. The maximum absolute atomic E-state index is 11.0. The number of aryl methyl sites for hydroxylation is 1. The molecule has 13 heavy (non-hydrogen) atoms. The van der Waals surface area contributed by atoms with Crippen LogP contribution in [0.3, 0.4) is 0 Å². The summed E-state index contributed by atoms with van der Waals surface area (Å²) in [4.78, 5) is 11.0. The van der Waals surface area contributed by atoms with Crippen LogP contribution in [0.15, 0.2) is 24.3 Å². The van der Waals surface area contributed by atoms with Gasteiger partial charge in [-0.05, 0) is 25.3 Å². The number of hydrogen-bond acceptors (Lipinski definition) is 1. The molecule has 2 rings (SSSR count). The summed E-state index contributed by atoms with van der Waals surface area (Å²) in [5.41, 5.74) is 1.54. The van der Waals surface area contributed by atoms with Crippen LogP contribution in [0.4, 0.5) is 0 Å². The number of carboxylic acids is 1. The maximum Gasteiger partial charge on any atom is 0.314 e. The second kappa shape index (κ2) is 2.59. The summed E-state index contributed by atoms with van der Waals surface area (Å²) in [5, 5.41) is 9.05. The van der Waals surface area contributed by atoms with E-state index in [4.69, 9.17) is 5.11 Å². The highest BCUT2D eigenvalue weighted by Gasteiger charge is 2.51. The summed E-state index contributed by atoms with van der Waals surface area (Å²) < 4.78 is 0. The Morgan fingerprint density at radius 3 is 2.62 bits per heavy atom. The van der Waals surface area contributed by atoms with Crippen molar-refractivity contribution in [3.8, 4) is 0 Å². The second-order valence-electron chi connectivity index (χ2n) is 3.76. The zero-order valence-corrected chi connectivity index (χ0v) is 7.58. The maximum atomic E-state index is 11.0. The molecule has 0 atom stereocenters. The molecule has 1 fully saturated rings. The molecule has 1 N–H and O–H groups in total. The van der Waals surface area contributed by atoms with E-state index in [-0.39, 0.29) is 0 Å². The van der Waals surface area contributed by atoms with Gasteiger partial charge in [-0.3, -0.25) is 4.79 Å². The van der Waals surface area contributed by atoms with E-state index in [9.17, 15) is 4.79 Å². The van der Waals surface area contributed by atoms with Crippen LogP contribution in [0.5, 0.6) is 0 Å². The Kier molecular flexibility index (Phi) is 1.65. The lowest BCUT2D eigenvalue weighted by Crippen LogP contribution is -2.19. The van der Waals surface area contributed by atoms with Gasteiger partial charge in [-0.2, -0.15) is 0 Å². The molecule has 2 nitrogen and oxygen atoms in total. The van der Waals surface area contributed by atoms with Crippen molar-refractivity contribution >= 4 is 5.97 Å². The van der Waals surface area contributed by atoms with Crippen molar-refractivity contribution in [3.05, 3.63) is 35.4 Å². The zero-order valence-electron chi connectivity index (χ0n) is 7.58. The molecule has 0 unspecified atom stereocenters. The fourth-order valence-electron chi connectivity index (χ4n) is 1.69. The second-order valence-corrected chi connectivity index (χ2v) is 3.76. The largest absolute Gasteiger partial charge is 0.481 e. The average molecular weight is 176 g/mol. The molecule has 2 heteroatoms. The summed E-state index contributed by atoms with van der Waals surface area (Å²) >= 11 is 0. The lowest BCUT2D eigenvalue weighted by atomic mass is 9.95. The van der Waals surface area contributed by atoms with E-state index >= 15 is 0 Å². The third kappa shape index (κ3) is 1.22. The lowest BCUT2D eigenvalue weighted by molar-refractivity contribution is -0.140. The third-order valence-corrected chi connectivity index (χ3v) is 2.73. The molecular formula is C11H12O2. The molecule has 0 bridgehead atoms. The van der Waals surface area contributed by atoms with Gasteiger partial charge in [-0.25, -0.2) is 0 Å². The standard InChI is InChI=1S/C11H12O2/c1-8-3-2-4-9(7-8)11(5-6-11)10(12)13/h2-4,7H,5-6H2,1H3,(H,12,13). The SMILES string of the molecule is Cc1cccc(C2(C(=O)O)CC2)c1. The van der Waals surface area contributed by atoms with Crippen molar-refractivity contribution in [2.75, 3.05) is 0 Å². The van der Waals surface area contributed by atoms with Crippen LogP contribution in [-0.4, -0.2) is 11.1 Å². The highest BCUT2D eigenvalue weighted by Crippen LogP contribution is 2.48. The summed E-state index contributed by atoms with van der Waals surface area (Å²) in [5.74, 6) is -0.682. The smallest absolute Gasteiger partial charge is 0.314 e. The highest BCUT2D eigenvalue weighted by molar-refractivity contribution is 5.84. The summed E-state index contributed by atoms with van der Waals surface area (Å²) in [7, 11) is 0. The average Bonchev–Trinajstić information content (AvgIpc) is 2.83. The van der Waals surface area contributed by atoms with Crippen molar-refractivity contribution in [2.45, 2.75) is 25.2 Å². The predicted molar refractivity (Wildman–Crippen MR) is 49.7 cm³/mol. The fourth-order valence-corrected chi connectivity index (χ4v) is 1.69. The molecule has 0 spiro atoms. The Hall–Kier alpha value is -1.31. The Bertz CT molecular complexity index is 351. The van der Waals surface area contributed by atoms with Gasteiger partial charge in [0.1, 0.15) is 0 Å². The highest BCUT2D eigenvalue weighted by atomic mass is 16.4. The van der Waals surface area contributed by atoms with Crippen LogP contribution in [0.1, 0.15) is 24.0 Å². The molecular weight excluding hydrogens is 164 g/mol. The number of aliphatic carboxylic acids is 1. The van der Waals surface area contributed by atoms with Crippen LogP contribution in [-0.2, 0) is 10.2 Å². The van der Waals surface area contributed by atoms with Crippen molar-refractivity contribution in [3.63, 3.8) is 0 Å². The van der Waals surface area contributed by atoms with Crippen LogP contribution >= 0.6 is 0 Å². The van der Waals surface area contributed by atoms with Gasteiger partial charge in [0.15, 0.2) is 0 Å². The van der Waals surface area contributed by atoms with Crippen molar-refractivity contribution in [1.82, 2.24) is 0 Å². The molecule has 0 aromatic heterocycles. The molecule has 68 valence electrons. The number of benzene rings is 1. The zero-order chi connectivity index (χ0) is 9.47. The minimum Gasteiger partial charge on any atom is -0.481 e. The van der Waals surface area contributed by atoms with Crippen molar-refractivity contribution < 1.29 is 9.90 Å². The first-order chi connectivity index (χ1) is 6.15. The van der Waals surface area contributed by atoms with E-state index in [0.29, 0.717) is 0 Å². The topological polar surface area (TPSA) is 37.3 Å². The molecule has 1 saturated carbocycles. The van der Waals surface area contributed by atoms with E-state index < -0.39 is 11.4 Å². The molecule has 0 saturated heterocycles. The van der Waals surface area contributed by atoms with E-state index in [1.165, 1.54) is 0 Å². The lowest BCUT2D eigenvalue weighted by Gasteiger charge is -2.10. The van der Waals surface area contributed by atoms with E-state index in [0.717, 1.165) is 24.0 Å². The van der Waals surface area contributed by atoms with Gasteiger partial charge in [-0.1, -0.05) is 29.8 Å². The van der Waals surface area contributed by atoms with Gasteiger partial charge in [-0.15, -0.1) is 0 Å². The van der Waals surface area contributed by atoms with Crippen LogP contribution < -0.4 is 0 Å². The molecule has 1 aliphatic rings. The number of carboxylic acid groups (broad SMARTS) is 1. The molecule has 1 aliphatic carbocycles. The molecule has 0 aliphatic heterocycles. The normalized spacial score (nSPS) is 18.2. The Labute approximate surface area is 77.2 Å². The van der Waals surface area contributed by atoms with E-state index in [1.54, 1.807) is 0 Å². The van der Waals surface area contributed by atoms with Gasteiger partial charge in [0.05, 0.1) is 5.41 Å². The predicted octanol–water partition coefficient (Wildman–Crippen LogP) is 2.11. The first-order valence-corrected chi connectivity index (χ1v) is 4.46. The minimum atomic E-state index is -0.682. The van der Waals surface area contributed by atoms with Crippen LogP contribution in [0.25, 0.3) is 0 Å². The van der Waals surface area contributed by atoms with Crippen molar-refractivity contribution in [2.24, 2.45) is 0 Å². The van der Waals surface area contributed by atoms with Gasteiger partial charge in [0.25, 0.3) is 0 Å². The Balaban J connectivity index is 2.41. The quantitative estimate of drug-likeness (QED) is 0.749. The van der Waals surface area contributed by atoms with Crippen LogP contribution in [0.2, 0.25) is 0 Å². The molecule has 0 radical (unpaired) electrons. The van der Waals surface area contributed by atoms with Crippen molar-refractivity contribution in [1.29, 1.82) is 0 Å². The summed E-state index contributed by atoms with van der Waals surface area (Å²) in [6.45, 7) is 1.99. The molecule has 1 aromatic carbocycles. The third-order valence-electron chi connectivity index (χ3n) is 2.73. The summed E-state index contributed by atoms with van der Waals surface area (Å²) in [6, 6.07) is 7.80. The molecule has 0 amide bonds. The van der Waals surface area contributed by atoms with Gasteiger partial charge in [0.2, 0.25) is 0 Å². The minimum absolute atomic E-state index is 0.550.